The van der Waals surface area contributed by atoms with Crippen molar-refractivity contribution in [3.05, 3.63) is 47.2 Å². The Morgan fingerprint density at radius 2 is 2.03 bits per heavy atom. The van der Waals surface area contributed by atoms with Gasteiger partial charge in [-0.05, 0) is 37.5 Å². The van der Waals surface area contributed by atoms with Gasteiger partial charge in [-0.3, -0.25) is 9.59 Å². The van der Waals surface area contributed by atoms with Crippen molar-refractivity contribution in [2.75, 3.05) is 26.7 Å². The molecule has 0 spiro atoms. The van der Waals surface area contributed by atoms with Crippen LogP contribution in [0, 0.1) is 5.92 Å². The average molecular weight is 418 g/mol. The molecule has 1 unspecified atom stereocenters. The summed E-state index contributed by atoms with van der Waals surface area (Å²) in [5.41, 5.74) is 1.16. The number of aromatic nitrogens is 1. The second kappa shape index (κ2) is 9.83. The quantitative estimate of drug-likeness (QED) is 0.695. The topological polar surface area (TPSA) is 63.6 Å². The van der Waals surface area contributed by atoms with Crippen LogP contribution in [0.4, 0.5) is 0 Å². The number of likely N-dealkylation sites (tertiary alicyclic amines) is 1. The molecule has 1 fully saturated rings. The van der Waals surface area contributed by atoms with Crippen LogP contribution in [-0.4, -0.2) is 48.0 Å². The van der Waals surface area contributed by atoms with Gasteiger partial charge in [-0.15, -0.1) is 0 Å². The lowest BCUT2D eigenvalue weighted by Crippen LogP contribution is -2.45. The Bertz CT molecular complexity index is 851. The van der Waals surface area contributed by atoms with Crippen molar-refractivity contribution in [1.82, 2.24) is 14.8 Å². The highest BCUT2D eigenvalue weighted by Gasteiger charge is 2.30. The number of amides is 2. The van der Waals surface area contributed by atoms with Crippen molar-refractivity contribution in [2.45, 2.75) is 32.6 Å². The third kappa shape index (κ3) is 4.93. The van der Waals surface area contributed by atoms with Crippen molar-refractivity contribution in [3.8, 4) is 11.4 Å². The SMILES string of the molecule is CCCCNC(=O)C1CCCN(C(=O)c2cc(Cl)c(-n3cccc3)cc2OC)C1. The molecule has 1 N–H and O–H groups in total. The Morgan fingerprint density at radius 1 is 1.28 bits per heavy atom. The normalized spacial score (nSPS) is 16.5. The number of unbranched alkanes of at least 4 members (excludes halogenated alkanes) is 1. The van der Waals surface area contributed by atoms with Gasteiger partial charge in [0.25, 0.3) is 5.91 Å². The van der Waals surface area contributed by atoms with Gasteiger partial charge in [-0.1, -0.05) is 24.9 Å². The lowest BCUT2D eigenvalue weighted by atomic mass is 9.96. The molecule has 3 rings (SSSR count). The van der Waals surface area contributed by atoms with E-state index in [2.05, 4.69) is 12.2 Å². The van der Waals surface area contributed by atoms with Gasteiger partial charge < -0.3 is 19.5 Å². The van der Waals surface area contributed by atoms with Crippen LogP contribution < -0.4 is 10.1 Å². The third-order valence-corrected chi connectivity index (χ3v) is 5.59. The van der Waals surface area contributed by atoms with Crippen molar-refractivity contribution < 1.29 is 14.3 Å². The first-order valence-corrected chi connectivity index (χ1v) is 10.5. The van der Waals surface area contributed by atoms with Crippen LogP contribution in [0.25, 0.3) is 5.69 Å². The van der Waals surface area contributed by atoms with Crippen LogP contribution in [0.2, 0.25) is 5.02 Å². The van der Waals surface area contributed by atoms with E-state index < -0.39 is 0 Å². The number of nitrogens with zero attached hydrogens (tertiary/aromatic N) is 2. The molecule has 1 aliphatic rings. The standard InChI is InChI=1S/C22H28ClN3O3/c1-3-4-9-24-21(27)16-8-7-12-26(15-16)22(28)17-13-18(23)19(14-20(17)29-2)25-10-5-6-11-25/h5-6,10-11,13-14,16H,3-4,7-9,12,15H2,1-2H3,(H,24,27). The summed E-state index contributed by atoms with van der Waals surface area (Å²) in [5, 5.41) is 3.45. The fourth-order valence-electron chi connectivity index (χ4n) is 3.65. The number of benzene rings is 1. The van der Waals surface area contributed by atoms with Gasteiger partial charge in [-0.2, -0.15) is 0 Å². The number of hydrogen-bond acceptors (Lipinski definition) is 3. The summed E-state index contributed by atoms with van der Waals surface area (Å²) < 4.78 is 7.36. The predicted molar refractivity (Wildman–Crippen MR) is 114 cm³/mol. The van der Waals surface area contributed by atoms with E-state index in [-0.39, 0.29) is 17.7 Å². The maximum absolute atomic E-state index is 13.2. The zero-order valence-corrected chi connectivity index (χ0v) is 17.7. The van der Waals surface area contributed by atoms with Crippen molar-refractivity contribution in [3.63, 3.8) is 0 Å². The Kier molecular flexibility index (Phi) is 7.20. The largest absolute Gasteiger partial charge is 0.496 e. The fourth-order valence-corrected chi connectivity index (χ4v) is 3.91. The number of carbonyl (C=O) groups excluding carboxylic acids is 2. The highest BCUT2D eigenvalue weighted by Crippen LogP contribution is 2.31. The van der Waals surface area contributed by atoms with E-state index in [1.54, 1.807) is 24.1 Å². The molecule has 0 saturated carbocycles. The first-order chi connectivity index (χ1) is 14.0. The van der Waals surface area contributed by atoms with Gasteiger partial charge in [0.1, 0.15) is 5.75 Å². The summed E-state index contributed by atoms with van der Waals surface area (Å²) >= 11 is 6.47. The van der Waals surface area contributed by atoms with Crippen LogP contribution in [-0.2, 0) is 4.79 Å². The Labute approximate surface area is 176 Å². The number of piperidine rings is 1. The molecular weight excluding hydrogens is 390 g/mol. The molecule has 0 bridgehead atoms. The number of methoxy groups -OCH3 is 1. The fraction of sp³-hybridized carbons (Fsp3) is 0.455. The van der Waals surface area contributed by atoms with Crippen LogP contribution in [0.15, 0.2) is 36.7 Å². The van der Waals surface area contributed by atoms with E-state index in [0.717, 1.165) is 31.4 Å². The van der Waals surface area contributed by atoms with Crippen molar-refractivity contribution >= 4 is 23.4 Å². The molecule has 2 aromatic rings. The predicted octanol–water partition coefficient (Wildman–Crippen LogP) is 3.91. The maximum atomic E-state index is 13.2. The van der Waals surface area contributed by atoms with Gasteiger partial charge in [-0.25, -0.2) is 0 Å². The molecule has 1 saturated heterocycles. The molecule has 156 valence electrons. The minimum atomic E-state index is -0.176. The summed E-state index contributed by atoms with van der Waals surface area (Å²) in [5.74, 6) is 0.167. The van der Waals surface area contributed by atoms with E-state index in [9.17, 15) is 9.59 Å². The third-order valence-electron chi connectivity index (χ3n) is 5.29. The van der Waals surface area contributed by atoms with Gasteiger partial charge >= 0.3 is 0 Å². The molecule has 6 nitrogen and oxygen atoms in total. The first kappa shape index (κ1) is 21.2. The minimum absolute atomic E-state index is 0.0314. The number of halogens is 1. The van der Waals surface area contributed by atoms with Gasteiger partial charge in [0, 0.05) is 38.1 Å². The molecule has 29 heavy (non-hydrogen) atoms. The molecule has 1 aromatic carbocycles. The van der Waals surface area contributed by atoms with E-state index in [0.29, 0.717) is 36.0 Å². The van der Waals surface area contributed by atoms with Crippen molar-refractivity contribution in [1.29, 1.82) is 0 Å². The molecule has 1 atom stereocenters. The zero-order chi connectivity index (χ0) is 20.8. The van der Waals surface area contributed by atoms with Crippen LogP contribution in [0.3, 0.4) is 0 Å². The summed E-state index contributed by atoms with van der Waals surface area (Å²) in [6.45, 7) is 3.81. The van der Waals surface area contributed by atoms with Gasteiger partial charge in [0.05, 0.1) is 29.3 Å². The monoisotopic (exact) mass is 417 g/mol. The number of nitrogens with one attached hydrogen (secondary N) is 1. The number of carbonyl (C=O) groups is 2. The van der Waals surface area contributed by atoms with E-state index in [4.69, 9.17) is 16.3 Å². The maximum Gasteiger partial charge on any atom is 0.257 e. The van der Waals surface area contributed by atoms with E-state index in [1.165, 1.54) is 0 Å². The molecular formula is C22H28ClN3O3. The summed E-state index contributed by atoms with van der Waals surface area (Å²) in [7, 11) is 1.54. The minimum Gasteiger partial charge on any atom is -0.496 e. The Balaban J connectivity index is 1.77. The first-order valence-electron chi connectivity index (χ1n) is 10.1. The molecule has 0 aliphatic carbocycles. The molecule has 2 amide bonds. The molecule has 1 aliphatic heterocycles. The second-order valence-electron chi connectivity index (χ2n) is 7.33. The summed E-state index contributed by atoms with van der Waals surface area (Å²) in [6.07, 6.45) is 7.37. The van der Waals surface area contributed by atoms with Crippen molar-refractivity contribution in [2.24, 2.45) is 5.92 Å². The smallest absolute Gasteiger partial charge is 0.257 e. The molecule has 7 heteroatoms. The molecule has 0 radical (unpaired) electrons. The summed E-state index contributed by atoms with van der Waals surface area (Å²) in [4.78, 5) is 27.4. The highest BCUT2D eigenvalue weighted by molar-refractivity contribution is 6.33. The van der Waals surface area contributed by atoms with E-state index >= 15 is 0 Å². The number of ether oxygens (including phenoxy) is 1. The van der Waals surface area contributed by atoms with E-state index in [1.807, 2.05) is 29.1 Å². The van der Waals surface area contributed by atoms with Gasteiger partial charge in [0.2, 0.25) is 5.91 Å². The lowest BCUT2D eigenvalue weighted by Gasteiger charge is -2.32. The van der Waals surface area contributed by atoms with Crippen LogP contribution in [0.5, 0.6) is 5.75 Å². The number of hydrogen-bond donors (Lipinski definition) is 1. The highest BCUT2D eigenvalue weighted by atomic mass is 35.5. The molecule has 1 aromatic heterocycles. The van der Waals surface area contributed by atoms with Gasteiger partial charge in [0.15, 0.2) is 0 Å². The number of rotatable bonds is 7. The second-order valence-corrected chi connectivity index (χ2v) is 7.74. The summed E-state index contributed by atoms with van der Waals surface area (Å²) in [6, 6.07) is 7.24. The Hall–Kier alpha value is -2.47. The molecule has 2 heterocycles. The Morgan fingerprint density at radius 3 is 2.72 bits per heavy atom. The zero-order valence-electron chi connectivity index (χ0n) is 17.0. The van der Waals surface area contributed by atoms with Crippen LogP contribution >= 0.6 is 11.6 Å². The average Bonchev–Trinajstić information content (AvgIpc) is 3.27. The lowest BCUT2D eigenvalue weighted by molar-refractivity contribution is -0.126. The van der Waals surface area contributed by atoms with Crippen LogP contribution in [0.1, 0.15) is 43.0 Å².